The Morgan fingerprint density at radius 1 is 1.13 bits per heavy atom. The number of carbonyl (C=O) groups excluding carboxylic acids is 1. The fraction of sp³-hybridized carbons (Fsp3) is 0.391. The largest absolute Gasteiger partial charge is 0.493 e. The number of nitrogens with zero attached hydrogens (tertiary/aromatic N) is 2. The highest BCUT2D eigenvalue weighted by atomic mass is 127. The Balaban J connectivity index is 0.00000341. The Morgan fingerprint density at radius 2 is 1.84 bits per heavy atom. The van der Waals surface area contributed by atoms with Crippen LogP contribution >= 0.6 is 24.0 Å². The summed E-state index contributed by atoms with van der Waals surface area (Å²) in [6, 6.07) is 15.7. The molecule has 2 aromatic rings. The predicted molar refractivity (Wildman–Crippen MR) is 135 cm³/mol. The first-order chi connectivity index (χ1) is 14.6. The van der Waals surface area contributed by atoms with E-state index in [2.05, 4.69) is 15.6 Å². The zero-order valence-corrected chi connectivity index (χ0v) is 20.6. The quantitative estimate of drug-likeness (QED) is 0.306. The van der Waals surface area contributed by atoms with Crippen LogP contribution in [0.25, 0.3) is 0 Å². The number of amides is 1. The van der Waals surface area contributed by atoms with Gasteiger partial charge in [-0.1, -0.05) is 24.3 Å². The van der Waals surface area contributed by atoms with Crippen LogP contribution in [-0.2, 0) is 11.3 Å². The summed E-state index contributed by atoms with van der Waals surface area (Å²) in [5, 5.41) is 6.58. The van der Waals surface area contributed by atoms with E-state index in [0.29, 0.717) is 37.0 Å². The Labute approximate surface area is 201 Å². The number of nitrogens with one attached hydrogen (secondary N) is 2. The average molecular weight is 538 g/mol. The van der Waals surface area contributed by atoms with E-state index >= 15 is 0 Å². The number of hydrogen-bond donors (Lipinski definition) is 2. The summed E-state index contributed by atoms with van der Waals surface area (Å²) < 4.78 is 11.3. The van der Waals surface area contributed by atoms with Crippen LogP contribution in [0.4, 0.5) is 5.69 Å². The lowest BCUT2D eigenvalue weighted by Crippen LogP contribution is -2.41. The highest BCUT2D eigenvalue weighted by molar-refractivity contribution is 14.0. The Kier molecular flexibility index (Phi) is 9.90. The van der Waals surface area contributed by atoms with Crippen molar-refractivity contribution in [2.24, 2.45) is 4.99 Å². The van der Waals surface area contributed by atoms with E-state index in [9.17, 15) is 4.79 Å². The maximum atomic E-state index is 11.9. The topological polar surface area (TPSA) is 75.2 Å². The number of carbonyl (C=O) groups is 1. The molecular weight excluding hydrogens is 507 g/mol. The van der Waals surface area contributed by atoms with E-state index in [0.717, 1.165) is 24.2 Å². The minimum atomic E-state index is -0.0721. The van der Waals surface area contributed by atoms with Crippen LogP contribution in [0.15, 0.2) is 53.5 Å². The molecule has 0 saturated carbocycles. The van der Waals surface area contributed by atoms with E-state index in [1.54, 1.807) is 14.2 Å². The number of halogens is 1. The fourth-order valence-corrected chi connectivity index (χ4v) is 3.34. The first-order valence-electron chi connectivity index (χ1n) is 10.2. The molecule has 3 rings (SSSR count). The van der Waals surface area contributed by atoms with Gasteiger partial charge in [0.2, 0.25) is 5.91 Å². The monoisotopic (exact) mass is 538 g/mol. The maximum absolute atomic E-state index is 11.9. The molecule has 0 aliphatic carbocycles. The molecule has 1 amide bonds. The molecule has 1 fully saturated rings. The van der Waals surface area contributed by atoms with Crippen molar-refractivity contribution in [2.45, 2.75) is 32.4 Å². The van der Waals surface area contributed by atoms with Gasteiger partial charge in [0.05, 0.1) is 13.7 Å². The molecule has 0 aromatic heterocycles. The van der Waals surface area contributed by atoms with E-state index in [-0.39, 0.29) is 36.0 Å². The van der Waals surface area contributed by atoms with Crippen molar-refractivity contribution >= 4 is 41.5 Å². The third kappa shape index (κ3) is 7.02. The van der Waals surface area contributed by atoms with Gasteiger partial charge in [-0.25, -0.2) is 0 Å². The van der Waals surface area contributed by atoms with Crippen LogP contribution in [0.3, 0.4) is 0 Å². The minimum Gasteiger partial charge on any atom is -0.493 e. The molecule has 1 saturated heterocycles. The van der Waals surface area contributed by atoms with Gasteiger partial charge in [0.25, 0.3) is 0 Å². The van der Waals surface area contributed by atoms with Crippen molar-refractivity contribution in [1.82, 2.24) is 10.6 Å². The van der Waals surface area contributed by atoms with Gasteiger partial charge in [-0.2, -0.15) is 0 Å². The molecule has 2 N–H and O–H groups in total. The zero-order valence-electron chi connectivity index (χ0n) is 18.3. The van der Waals surface area contributed by atoms with E-state index < -0.39 is 0 Å². The van der Waals surface area contributed by atoms with Gasteiger partial charge in [0, 0.05) is 32.2 Å². The lowest BCUT2D eigenvalue weighted by molar-refractivity contribution is -0.117. The second kappa shape index (κ2) is 12.4. The molecule has 7 nitrogen and oxygen atoms in total. The van der Waals surface area contributed by atoms with Gasteiger partial charge in [0.1, 0.15) is 6.10 Å². The number of anilines is 1. The molecule has 168 valence electrons. The third-order valence-electron chi connectivity index (χ3n) is 4.96. The molecule has 1 heterocycles. The summed E-state index contributed by atoms with van der Waals surface area (Å²) in [5.41, 5.74) is 2.08. The molecule has 2 aromatic carbocycles. The van der Waals surface area contributed by atoms with E-state index in [1.165, 1.54) is 0 Å². The Morgan fingerprint density at radius 3 is 2.45 bits per heavy atom. The van der Waals surface area contributed by atoms with Crippen molar-refractivity contribution < 1.29 is 14.3 Å². The number of ether oxygens (including phenoxy) is 2. The predicted octanol–water partition coefficient (Wildman–Crippen LogP) is 3.57. The van der Waals surface area contributed by atoms with Crippen LogP contribution in [-0.4, -0.2) is 45.2 Å². The zero-order chi connectivity index (χ0) is 21.3. The van der Waals surface area contributed by atoms with Crippen molar-refractivity contribution in [3.8, 4) is 11.5 Å². The Bertz CT molecular complexity index is 873. The highest BCUT2D eigenvalue weighted by Gasteiger charge is 2.21. The van der Waals surface area contributed by atoms with Gasteiger partial charge in [-0.3, -0.25) is 9.79 Å². The maximum Gasteiger partial charge on any atom is 0.227 e. The van der Waals surface area contributed by atoms with Crippen molar-refractivity contribution in [1.29, 1.82) is 0 Å². The Hall–Kier alpha value is -2.49. The number of hydrogen-bond acceptors (Lipinski definition) is 4. The lowest BCUT2D eigenvalue weighted by Gasteiger charge is -2.19. The fourth-order valence-electron chi connectivity index (χ4n) is 3.34. The van der Waals surface area contributed by atoms with Gasteiger partial charge in [-0.05, 0) is 43.2 Å². The molecular formula is C23H31IN4O3. The summed E-state index contributed by atoms with van der Waals surface area (Å²) in [5.74, 6) is 2.33. The van der Waals surface area contributed by atoms with Crippen molar-refractivity contribution in [2.75, 3.05) is 32.1 Å². The molecule has 31 heavy (non-hydrogen) atoms. The second-order valence-electron chi connectivity index (χ2n) is 7.20. The second-order valence-corrected chi connectivity index (χ2v) is 7.20. The van der Waals surface area contributed by atoms with Crippen molar-refractivity contribution in [3.63, 3.8) is 0 Å². The number of rotatable bonds is 8. The normalized spacial score (nSPS) is 14.6. The molecule has 0 spiro atoms. The van der Waals surface area contributed by atoms with Crippen LogP contribution < -0.4 is 25.0 Å². The van der Waals surface area contributed by atoms with Gasteiger partial charge in [0.15, 0.2) is 17.5 Å². The summed E-state index contributed by atoms with van der Waals surface area (Å²) in [4.78, 5) is 18.0. The van der Waals surface area contributed by atoms with Crippen LogP contribution in [0.2, 0.25) is 0 Å². The molecule has 1 aliphatic rings. The average Bonchev–Trinajstić information content (AvgIpc) is 3.20. The van der Waals surface area contributed by atoms with Crippen LogP contribution in [0, 0.1) is 0 Å². The van der Waals surface area contributed by atoms with Gasteiger partial charge < -0.3 is 25.0 Å². The molecule has 0 bridgehead atoms. The van der Waals surface area contributed by atoms with Crippen LogP contribution in [0.1, 0.15) is 25.3 Å². The smallest absolute Gasteiger partial charge is 0.227 e. The van der Waals surface area contributed by atoms with E-state index in [4.69, 9.17) is 9.47 Å². The highest BCUT2D eigenvalue weighted by Crippen LogP contribution is 2.26. The molecule has 1 aliphatic heterocycles. The SMILES string of the molecule is CN=C(NCc1ccc(N2CCCC2=O)cc1)NCC(C)Oc1ccccc1OC.I. The molecule has 8 heteroatoms. The number of guanidine groups is 1. The lowest BCUT2D eigenvalue weighted by atomic mass is 10.2. The van der Waals surface area contributed by atoms with Gasteiger partial charge >= 0.3 is 0 Å². The summed E-state index contributed by atoms with van der Waals surface area (Å²) in [6.45, 7) is 4.02. The van der Waals surface area contributed by atoms with Crippen molar-refractivity contribution in [3.05, 3.63) is 54.1 Å². The minimum absolute atomic E-state index is 0. The first kappa shape index (κ1) is 24.8. The third-order valence-corrected chi connectivity index (χ3v) is 4.96. The number of para-hydroxylation sites is 2. The molecule has 1 atom stereocenters. The standard InChI is InChI=1S/C23H30N4O3.HI/c1-17(30-21-8-5-4-7-20(21)29-3)15-25-23(24-2)26-16-18-10-12-19(13-11-18)27-14-6-9-22(27)28;/h4-5,7-8,10-13,17H,6,9,14-16H2,1-3H3,(H2,24,25,26);1H. The summed E-state index contributed by atoms with van der Waals surface area (Å²) >= 11 is 0. The summed E-state index contributed by atoms with van der Waals surface area (Å²) in [7, 11) is 3.37. The summed E-state index contributed by atoms with van der Waals surface area (Å²) in [6.07, 6.45) is 1.51. The first-order valence-corrected chi connectivity index (χ1v) is 10.2. The number of methoxy groups -OCH3 is 1. The number of benzene rings is 2. The molecule has 0 radical (unpaired) electrons. The van der Waals surface area contributed by atoms with Gasteiger partial charge in [-0.15, -0.1) is 24.0 Å². The molecule has 1 unspecified atom stereocenters. The number of aliphatic imine (C=N–C) groups is 1. The van der Waals surface area contributed by atoms with E-state index in [1.807, 2.05) is 60.4 Å². The van der Waals surface area contributed by atoms with Crippen LogP contribution in [0.5, 0.6) is 11.5 Å².